The van der Waals surface area contributed by atoms with E-state index in [2.05, 4.69) is 52.1 Å². The quantitative estimate of drug-likeness (QED) is 0.939. The summed E-state index contributed by atoms with van der Waals surface area (Å²) in [7, 11) is 0. The van der Waals surface area contributed by atoms with Gasteiger partial charge in [0.15, 0.2) is 5.65 Å². The fourth-order valence-corrected chi connectivity index (χ4v) is 2.34. The molecule has 0 aromatic carbocycles. The van der Waals surface area contributed by atoms with Crippen LogP contribution in [-0.4, -0.2) is 20.1 Å². The van der Waals surface area contributed by atoms with Crippen molar-refractivity contribution in [2.75, 3.05) is 5.32 Å². The molecule has 0 aliphatic heterocycles. The molecular formula is C12H17BrN4. The Morgan fingerprint density at radius 3 is 2.88 bits per heavy atom. The van der Waals surface area contributed by atoms with Crippen molar-refractivity contribution in [2.45, 2.75) is 39.2 Å². The highest BCUT2D eigenvalue weighted by atomic mass is 79.9. The summed E-state index contributed by atoms with van der Waals surface area (Å²) in [5.41, 5.74) is 0.855. The van der Waals surface area contributed by atoms with Crippen molar-refractivity contribution in [2.24, 2.45) is 0 Å². The third-order valence-electron chi connectivity index (χ3n) is 2.64. The summed E-state index contributed by atoms with van der Waals surface area (Å²) in [6.45, 7) is 6.51. The molecule has 0 bridgehead atoms. The molecule has 0 saturated carbocycles. The number of anilines is 1. The zero-order chi connectivity index (χ0) is 12.5. The van der Waals surface area contributed by atoms with E-state index in [0.29, 0.717) is 5.95 Å². The Kier molecular flexibility index (Phi) is 3.38. The van der Waals surface area contributed by atoms with Gasteiger partial charge in [0.2, 0.25) is 5.95 Å². The fraction of sp³-hybridized carbons (Fsp3) is 0.500. The third-order valence-corrected chi connectivity index (χ3v) is 3.26. The van der Waals surface area contributed by atoms with Crippen LogP contribution in [-0.2, 0) is 0 Å². The van der Waals surface area contributed by atoms with E-state index >= 15 is 0 Å². The molecule has 0 unspecified atom stereocenters. The van der Waals surface area contributed by atoms with Gasteiger partial charge in [0.05, 0.1) is 4.47 Å². The molecule has 4 nitrogen and oxygen atoms in total. The number of halogens is 1. The van der Waals surface area contributed by atoms with Gasteiger partial charge in [0.25, 0.3) is 0 Å². The van der Waals surface area contributed by atoms with Crippen LogP contribution < -0.4 is 5.32 Å². The minimum atomic E-state index is 0.0200. The van der Waals surface area contributed by atoms with Crippen LogP contribution in [0.15, 0.2) is 22.8 Å². The maximum atomic E-state index is 4.47. The zero-order valence-electron chi connectivity index (χ0n) is 10.4. The lowest BCUT2D eigenvalue weighted by Crippen LogP contribution is -2.31. The highest BCUT2D eigenvalue weighted by Gasteiger charge is 2.18. The van der Waals surface area contributed by atoms with Crippen molar-refractivity contribution < 1.29 is 0 Å². The molecule has 0 radical (unpaired) electrons. The first-order chi connectivity index (χ1) is 8.02. The molecule has 5 heteroatoms. The van der Waals surface area contributed by atoms with E-state index in [4.69, 9.17) is 0 Å². The van der Waals surface area contributed by atoms with Crippen molar-refractivity contribution in [3.05, 3.63) is 22.8 Å². The van der Waals surface area contributed by atoms with Gasteiger partial charge >= 0.3 is 0 Å². The lowest BCUT2D eigenvalue weighted by molar-refractivity contribution is 0.507. The van der Waals surface area contributed by atoms with Gasteiger partial charge in [-0.1, -0.05) is 13.3 Å². The molecule has 2 aromatic rings. The number of hydrogen-bond acceptors (Lipinski definition) is 3. The number of fused-ring (bicyclic) bond motifs is 1. The van der Waals surface area contributed by atoms with Crippen LogP contribution in [0.4, 0.5) is 5.95 Å². The monoisotopic (exact) mass is 296 g/mol. The summed E-state index contributed by atoms with van der Waals surface area (Å²) in [6, 6.07) is 3.90. The summed E-state index contributed by atoms with van der Waals surface area (Å²) in [5, 5.41) is 7.78. The molecule has 0 aliphatic carbocycles. The second-order valence-electron chi connectivity index (χ2n) is 4.82. The van der Waals surface area contributed by atoms with Crippen LogP contribution in [0.3, 0.4) is 0 Å². The molecule has 0 saturated heterocycles. The molecular weight excluding hydrogens is 280 g/mol. The first-order valence-electron chi connectivity index (χ1n) is 5.81. The van der Waals surface area contributed by atoms with E-state index in [-0.39, 0.29) is 5.54 Å². The standard InChI is InChI=1S/C12H17BrN4/c1-4-7-12(2,3)15-11-14-10-9(13)6-5-8-17(10)16-11/h5-6,8H,4,7H2,1-3H3,(H,15,16). The fourth-order valence-electron chi connectivity index (χ4n) is 1.92. The summed E-state index contributed by atoms with van der Waals surface area (Å²) >= 11 is 3.47. The molecule has 0 spiro atoms. The second-order valence-corrected chi connectivity index (χ2v) is 5.67. The van der Waals surface area contributed by atoms with Gasteiger partial charge in [0.1, 0.15) is 0 Å². The van der Waals surface area contributed by atoms with E-state index in [1.165, 1.54) is 0 Å². The van der Waals surface area contributed by atoms with Gasteiger partial charge < -0.3 is 5.32 Å². The van der Waals surface area contributed by atoms with Crippen LogP contribution in [0, 0.1) is 0 Å². The van der Waals surface area contributed by atoms with E-state index in [1.807, 2.05) is 18.3 Å². The highest BCUT2D eigenvalue weighted by Crippen LogP contribution is 2.20. The highest BCUT2D eigenvalue weighted by molar-refractivity contribution is 9.10. The summed E-state index contributed by atoms with van der Waals surface area (Å²) in [5.74, 6) is 0.676. The van der Waals surface area contributed by atoms with E-state index in [1.54, 1.807) is 4.52 Å². The molecule has 1 N–H and O–H groups in total. The van der Waals surface area contributed by atoms with Gasteiger partial charge in [-0.15, -0.1) is 5.10 Å². The van der Waals surface area contributed by atoms with E-state index < -0.39 is 0 Å². The molecule has 2 heterocycles. The van der Waals surface area contributed by atoms with Crippen LogP contribution in [0.25, 0.3) is 5.65 Å². The number of hydrogen-bond donors (Lipinski definition) is 1. The SMILES string of the molecule is CCCC(C)(C)Nc1nc2c(Br)cccn2n1. The summed E-state index contributed by atoms with van der Waals surface area (Å²) in [4.78, 5) is 4.47. The second kappa shape index (κ2) is 4.64. The third kappa shape index (κ3) is 2.77. The number of nitrogens with one attached hydrogen (secondary N) is 1. The van der Waals surface area contributed by atoms with Gasteiger partial charge in [-0.05, 0) is 48.3 Å². The van der Waals surface area contributed by atoms with Crippen molar-refractivity contribution >= 4 is 27.5 Å². The molecule has 0 atom stereocenters. The average molecular weight is 297 g/mol. The van der Waals surface area contributed by atoms with Crippen LogP contribution in [0.2, 0.25) is 0 Å². The predicted octanol–water partition coefficient (Wildman–Crippen LogP) is 3.48. The predicted molar refractivity (Wildman–Crippen MR) is 73.3 cm³/mol. The van der Waals surface area contributed by atoms with E-state index in [9.17, 15) is 0 Å². The van der Waals surface area contributed by atoms with Gasteiger partial charge in [-0.2, -0.15) is 4.98 Å². The molecule has 17 heavy (non-hydrogen) atoms. The minimum absolute atomic E-state index is 0.0200. The lowest BCUT2D eigenvalue weighted by Gasteiger charge is -2.24. The first-order valence-corrected chi connectivity index (χ1v) is 6.60. The lowest BCUT2D eigenvalue weighted by atomic mass is 9.99. The Bertz CT molecular complexity index is 518. The molecule has 0 fully saturated rings. The average Bonchev–Trinajstić information content (AvgIpc) is 2.60. The molecule has 92 valence electrons. The van der Waals surface area contributed by atoms with Gasteiger partial charge in [0, 0.05) is 11.7 Å². The van der Waals surface area contributed by atoms with Crippen molar-refractivity contribution in [3.63, 3.8) is 0 Å². The number of rotatable bonds is 4. The smallest absolute Gasteiger partial charge is 0.243 e. The van der Waals surface area contributed by atoms with Gasteiger partial charge in [-0.3, -0.25) is 0 Å². The number of aromatic nitrogens is 3. The minimum Gasteiger partial charge on any atom is -0.348 e. The molecule has 0 aliphatic rings. The van der Waals surface area contributed by atoms with Crippen molar-refractivity contribution in [3.8, 4) is 0 Å². The maximum Gasteiger partial charge on any atom is 0.243 e. The van der Waals surface area contributed by atoms with Crippen molar-refractivity contribution in [1.82, 2.24) is 14.6 Å². The summed E-state index contributed by atoms with van der Waals surface area (Å²) in [6.07, 6.45) is 4.12. The van der Waals surface area contributed by atoms with Gasteiger partial charge in [-0.25, -0.2) is 4.52 Å². The maximum absolute atomic E-state index is 4.47. The molecule has 2 aromatic heterocycles. The Morgan fingerprint density at radius 1 is 1.47 bits per heavy atom. The number of pyridine rings is 1. The van der Waals surface area contributed by atoms with Crippen LogP contribution >= 0.6 is 15.9 Å². The Hall–Kier alpha value is -1.10. The zero-order valence-corrected chi connectivity index (χ0v) is 12.0. The number of nitrogens with zero attached hydrogens (tertiary/aromatic N) is 3. The topological polar surface area (TPSA) is 42.2 Å². The Balaban J connectivity index is 2.28. The summed E-state index contributed by atoms with van der Waals surface area (Å²) < 4.78 is 2.72. The van der Waals surface area contributed by atoms with E-state index in [0.717, 1.165) is 23.0 Å². The van der Waals surface area contributed by atoms with Crippen LogP contribution in [0.5, 0.6) is 0 Å². The van der Waals surface area contributed by atoms with Crippen LogP contribution in [0.1, 0.15) is 33.6 Å². The Morgan fingerprint density at radius 2 is 2.24 bits per heavy atom. The first kappa shape index (κ1) is 12.4. The van der Waals surface area contributed by atoms with Crippen molar-refractivity contribution in [1.29, 1.82) is 0 Å². The molecule has 2 rings (SSSR count). The normalized spacial score (nSPS) is 12.0. The molecule has 0 amide bonds. The largest absolute Gasteiger partial charge is 0.348 e. The Labute approximate surface area is 110 Å².